The van der Waals surface area contributed by atoms with Gasteiger partial charge >= 0.3 is 5.91 Å². The van der Waals surface area contributed by atoms with Crippen LogP contribution in [-0.4, -0.2) is 24.6 Å². The summed E-state index contributed by atoms with van der Waals surface area (Å²) in [4.78, 5) is 27.5. The zero-order chi connectivity index (χ0) is 20.2. The van der Waals surface area contributed by atoms with Crippen LogP contribution in [-0.2, 0) is 9.59 Å². The molecule has 4 rings (SSSR count). The van der Waals surface area contributed by atoms with Gasteiger partial charge in [-0.1, -0.05) is 43.2 Å². The number of ether oxygens (including phenoxy) is 2. The highest BCUT2D eigenvalue weighted by Gasteiger charge is 2.34. The van der Waals surface area contributed by atoms with E-state index >= 15 is 0 Å². The summed E-state index contributed by atoms with van der Waals surface area (Å²) in [6, 6.07) is 13.5. The van der Waals surface area contributed by atoms with Crippen molar-refractivity contribution in [3.63, 3.8) is 0 Å². The van der Waals surface area contributed by atoms with E-state index in [0.717, 1.165) is 25.7 Å². The smallest absolute Gasteiger partial charge is 0.303 e. The summed E-state index contributed by atoms with van der Waals surface area (Å²) in [5.74, 6) is 2.43. The van der Waals surface area contributed by atoms with Crippen LogP contribution in [0, 0.1) is 12.3 Å². The molecule has 1 fully saturated rings. The molecule has 1 saturated carbocycles. The van der Waals surface area contributed by atoms with Gasteiger partial charge in [0.2, 0.25) is 12.7 Å². The second-order valence-electron chi connectivity index (χ2n) is 7.16. The molecule has 29 heavy (non-hydrogen) atoms. The van der Waals surface area contributed by atoms with E-state index < -0.39 is 11.9 Å². The Kier molecular flexibility index (Phi) is 5.39. The SMILES string of the molecule is C#CC(=O)N(c1ccc2c(c1)OCO2)[C@@H](C(=O)NC1CCCC1)c1ccccc1. The highest BCUT2D eigenvalue weighted by atomic mass is 16.7. The normalized spacial score (nSPS) is 16.1. The number of fused-ring (bicyclic) bond motifs is 1. The van der Waals surface area contributed by atoms with Crippen LogP contribution in [0.25, 0.3) is 0 Å². The minimum Gasteiger partial charge on any atom is -0.454 e. The third kappa shape index (κ3) is 3.90. The van der Waals surface area contributed by atoms with E-state index in [1.54, 1.807) is 18.2 Å². The molecule has 1 aliphatic carbocycles. The molecule has 2 aliphatic rings. The third-order valence-corrected chi connectivity index (χ3v) is 5.30. The first-order valence-electron chi connectivity index (χ1n) is 9.72. The molecule has 2 amide bonds. The summed E-state index contributed by atoms with van der Waals surface area (Å²) < 4.78 is 10.8. The molecule has 1 N–H and O–H groups in total. The summed E-state index contributed by atoms with van der Waals surface area (Å²) in [5.41, 5.74) is 1.16. The second kappa shape index (κ2) is 8.27. The van der Waals surface area contributed by atoms with Gasteiger partial charge in [0.05, 0.1) is 0 Å². The molecule has 148 valence electrons. The summed E-state index contributed by atoms with van der Waals surface area (Å²) in [5, 5.41) is 3.10. The van der Waals surface area contributed by atoms with E-state index in [1.165, 1.54) is 4.90 Å². The summed E-state index contributed by atoms with van der Waals surface area (Å²) in [6.07, 6.45) is 9.55. The molecule has 0 radical (unpaired) electrons. The standard InChI is InChI=1S/C23H22N2O4/c1-2-21(26)25(18-12-13-19-20(14-18)29-15-28-19)22(16-8-4-3-5-9-16)23(27)24-17-10-6-7-11-17/h1,3-5,8-9,12-14,17,22H,6-7,10-11,15H2,(H,24,27)/t22-/m1/s1. The Morgan fingerprint density at radius 1 is 1.07 bits per heavy atom. The maximum atomic E-state index is 13.3. The summed E-state index contributed by atoms with van der Waals surface area (Å²) in [6.45, 7) is 0.117. The van der Waals surface area contributed by atoms with Gasteiger partial charge in [0.25, 0.3) is 0 Å². The van der Waals surface area contributed by atoms with Crippen molar-refractivity contribution in [3.8, 4) is 23.8 Å². The Balaban J connectivity index is 1.75. The van der Waals surface area contributed by atoms with Crippen LogP contribution in [0.15, 0.2) is 48.5 Å². The molecule has 0 aromatic heterocycles. The fourth-order valence-electron chi connectivity index (χ4n) is 3.89. The van der Waals surface area contributed by atoms with E-state index in [1.807, 2.05) is 30.3 Å². The van der Waals surface area contributed by atoms with E-state index in [9.17, 15) is 9.59 Å². The molecule has 1 heterocycles. The number of hydrogen-bond donors (Lipinski definition) is 1. The van der Waals surface area contributed by atoms with Crippen molar-refractivity contribution in [3.05, 3.63) is 54.1 Å². The largest absolute Gasteiger partial charge is 0.454 e. The molecule has 0 saturated heterocycles. The topological polar surface area (TPSA) is 67.9 Å². The maximum absolute atomic E-state index is 13.3. The van der Waals surface area contributed by atoms with Crippen LogP contribution in [0.3, 0.4) is 0 Å². The number of anilines is 1. The highest BCUT2D eigenvalue weighted by Crippen LogP contribution is 2.38. The molecule has 1 atom stereocenters. The molecular formula is C23H22N2O4. The number of terminal acetylenes is 1. The zero-order valence-corrected chi connectivity index (χ0v) is 16.0. The van der Waals surface area contributed by atoms with Crippen LogP contribution in [0.4, 0.5) is 5.69 Å². The van der Waals surface area contributed by atoms with Gasteiger partial charge in [0, 0.05) is 17.8 Å². The first-order valence-corrected chi connectivity index (χ1v) is 9.72. The molecule has 0 spiro atoms. The van der Waals surface area contributed by atoms with Gasteiger partial charge < -0.3 is 14.8 Å². The van der Waals surface area contributed by atoms with Crippen LogP contribution in [0.5, 0.6) is 11.5 Å². The summed E-state index contributed by atoms with van der Waals surface area (Å²) in [7, 11) is 0. The zero-order valence-electron chi connectivity index (χ0n) is 16.0. The van der Waals surface area contributed by atoms with Crippen molar-refractivity contribution in [1.29, 1.82) is 0 Å². The number of benzene rings is 2. The first-order chi connectivity index (χ1) is 14.2. The molecule has 2 aromatic carbocycles. The van der Waals surface area contributed by atoms with Gasteiger partial charge in [-0.25, -0.2) is 0 Å². The number of carbonyl (C=O) groups is 2. The number of nitrogens with one attached hydrogen (secondary N) is 1. The average molecular weight is 390 g/mol. The Hall–Kier alpha value is -3.46. The minimum absolute atomic E-state index is 0.117. The fourth-order valence-corrected chi connectivity index (χ4v) is 3.89. The molecule has 6 nitrogen and oxygen atoms in total. The van der Waals surface area contributed by atoms with Gasteiger partial charge in [0.1, 0.15) is 6.04 Å². The Morgan fingerprint density at radius 2 is 1.79 bits per heavy atom. The minimum atomic E-state index is -0.888. The number of rotatable bonds is 5. The Morgan fingerprint density at radius 3 is 2.52 bits per heavy atom. The predicted molar refractivity (Wildman–Crippen MR) is 108 cm³/mol. The van der Waals surface area contributed by atoms with E-state index in [4.69, 9.17) is 15.9 Å². The fraction of sp³-hybridized carbons (Fsp3) is 0.304. The second-order valence-corrected chi connectivity index (χ2v) is 7.16. The van der Waals surface area contributed by atoms with Crippen LogP contribution in [0.1, 0.15) is 37.3 Å². The van der Waals surface area contributed by atoms with Crippen LogP contribution >= 0.6 is 0 Å². The lowest BCUT2D eigenvalue weighted by atomic mass is 10.0. The van der Waals surface area contributed by atoms with E-state index in [0.29, 0.717) is 22.7 Å². The Labute approximate surface area is 169 Å². The predicted octanol–water partition coefficient (Wildman–Crippen LogP) is 3.18. The van der Waals surface area contributed by atoms with Gasteiger partial charge in [-0.3, -0.25) is 14.5 Å². The average Bonchev–Trinajstić information content (AvgIpc) is 3.43. The van der Waals surface area contributed by atoms with Crippen molar-refractivity contribution in [1.82, 2.24) is 5.32 Å². The quantitative estimate of drug-likeness (QED) is 0.797. The molecule has 2 aromatic rings. The van der Waals surface area contributed by atoms with Crippen LogP contribution in [0.2, 0.25) is 0 Å². The number of hydrogen-bond acceptors (Lipinski definition) is 4. The van der Waals surface area contributed by atoms with Gasteiger partial charge in [-0.2, -0.15) is 0 Å². The van der Waals surface area contributed by atoms with Gasteiger partial charge in [-0.15, -0.1) is 6.42 Å². The molecule has 0 bridgehead atoms. The van der Waals surface area contributed by atoms with Crippen molar-refractivity contribution in [2.24, 2.45) is 0 Å². The van der Waals surface area contributed by atoms with Crippen molar-refractivity contribution >= 4 is 17.5 Å². The molecular weight excluding hydrogens is 368 g/mol. The third-order valence-electron chi connectivity index (χ3n) is 5.30. The number of carbonyl (C=O) groups excluding carboxylic acids is 2. The van der Waals surface area contributed by atoms with Crippen LogP contribution < -0.4 is 19.7 Å². The van der Waals surface area contributed by atoms with Crippen molar-refractivity contribution in [2.45, 2.75) is 37.8 Å². The first kappa shape index (κ1) is 18.9. The van der Waals surface area contributed by atoms with E-state index in [2.05, 4.69) is 11.2 Å². The van der Waals surface area contributed by atoms with Gasteiger partial charge in [0.15, 0.2) is 11.5 Å². The maximum Gasteiger partial charge on any atom is 0.303 e. The molecule has 0 unspecified atom stereocenters. The van der Waals surface area contributed by atoms with Crippen molar-refractivity contribution < 1.29 is 19.1 Å². The molecule has 1 aliphatic heterocycles. The number of amides is 2. The number of nitrogens with zero attached hydrogens (tertiary/aromatic N) is 1. The lowest BCUT2D eigenvalue weighted by Crippen LogP contribution is -2.46. The monoisotopic (exact) mass is 390 g/mol. The molecule has 6 heteroatoms. The van der Waals surface area contributed by atoms with E-state index in [-0.39, 0.29) is 18.7 Å². The van der Waals surface area contributed by atoms with Gasteiger partial charge in [-0.05, 0) is 36.5 Å². The van der Waals surface area contributed by atoms with Crippen molar-refractivity contribution in [2.75, 3.05) is 11.7 Å². The summed E-state index contributed by atoms with van der Waals surface area (Å²) >= 11 is 0. The lowest BCUT2D eigenvalue weighted by Gasteiger charge is -2.31. The highest BCUT2D eigenvalue weighted by molar-refractivity contribution is 6.09. The lowest BCUT2D eigenvalue weighted by molar-refractivity contribution is -0.125. The Bertz CT molecular complexity index is 945.